The van der Waals surface area contributed by atoms with Crippen LogP contribution >= 0.6 is 0 Å². The Labute approximate surface area is 88.6 Å². The van der Waals surface area contributed by atoms with Crippen LogP contribution in [0.4, 0.5) is 0 Å². The number of aromatic nitrogens is 2. The van der Waals surface area contributed by atoms with Gasteiger partial charge in [0.15, 0.2) is 5.65 Å². The van der Waals surface area contributed by atoms with E-state index in [2.05, 4.69) is 27.4 Å². The average molecular weight is 199 g/mol. The van der Waals surface area contributed by atoms with E-state index in [1.54, 1.807) is 6.20 Å². The Kier molecular flexibility index (Phi) is 2.10. The Balaban J connectivity index is 2.05. The molecule has 0 aliphatic carbocycles. The summed E-state index contributed by atoms with van der Waals surface area (Å²) in [6.45, 7) is 2.15. The van der Waals surface area contributed by atoms with Crippen LogP contribution in [0.5, 0.6) is 0 Å². The van der Waals surface area contributed by atoms with Gasteiger partial charge in [0, 0.05) is 29.7 Å². The van der Waals surface area contributed by atoms with Crippen LogP contribution in [-0.2, 0) is 0 Å². The predicted molar refractivity (Wildman–Crippen MR) is 59.8 cm³/mol. The van der Waals surface area contributed by atoms with E-state index in [1.807, 2.05) is 12.1 Å². The molecule has 0 radical (unpaired) electrons. The first-order chi connectivity index (χ1) is 7.43. The van der Waals surface area contributed by atoms with Crippen LogP contribution < -0.4 is 5.32 Å². The molecule has 1 N–H and O–H groups in total. The van der Waals surface area contributed by atoms with E-state index in [9.17, 15) is 0 Å². The molecule has 0 unspecified atom stereocenters. The molecular weight excluding hydrogens is 186 g/mol. The molecule has 0 aromatic carbocycles. The predicted octanol–water partition coefficient (Wildman–Crippen LogP) is 1.71. The third-order valence-corrected chi connectivity index (χ3v) is 2.96. The second-order valence-electron chi connectivity index (χ2n) is 3.98. The number of pyridine rings is 2. The molecular formula is C12H13N3. The quantitative estimate of drug-likeness (QED) is 0.759. The summed E-state index contributed by atoms with van der Waals surface area (Å²) in [6, 6.07) is 8.23. The van der Waals surface area contributed by atoms with Crippen molar-refractivity contribution >= 4 is 11.0 Å². The molecule has 3 rings (SSSR count). The fraction of sp³-hybridized carbons (Fsp3) is 0.333. The summed E-state index contributed by atoms with van der Waals surface area (Å²) < 4.78 is 0. The highest BCUT2D eigenvalue weighted by molar-refractivity contribution is 5.74. The normalized spacial score (nSPS) is 20.9. The molecule has 0 bridgehead atoms. The fourth-order valence-electron chi connectivity index (χ4n) is 2.10. The number of nitrogens with zero attached hydrogens (tertiary/aromatic N) is 2. The van der Waals surface area contributed by atoms with Crippen molar-refractivity contribution in [3.8, 4) is 0 Å². The minimum absolute atomic E-state index is 0.566. The Morgan fingerprint density at radius 2 is 2.27 bits per heavy atom. The second-order valence-corrected chi connectivity index (χ2v) is 3.98. The number of fused-ring (bicyclic) bond motifs is 1. The van der Waals surface area contributed by atoms with Crippen molar-refractivity contribution in [2.45, 2.75) is 12.3 Å². The van der Waals surface area contributed by atoms with Crippen molar-refractivity contribution in [2.24, 2.45) is 0 Å². The van der Waals surface area contributed by atoms with Crippen molar-refractivity contribution in [2.75, 3.05) is 13.1 Å². The number of hydrogen-bond acceptors (Lipinski definition) is 3. The summed E-state index contributed by atoms with van der Waals surface area (Å²) in [5, 5.41) is 4.48. The summed E-state index contributed by atoms with van der Waals surface area (Å²) in [6.07, 6.45) is 2.98. The van der Waals surface area contributed by atoms with Gasteiger partial charge in [-0.1, -0.05) is 0 Å². The molecule has 15 heavy (non-hydrogen) atoms. The molecule has 1 aliphatic rings. The van der Waals surface area contributed by atoms with Gasteiger partial charge in [-0.3, -0.25) is 0 Å². The minimum atomic E-state index is 0.566. The Morgan fingerprint density at radius 3 is 3.13 bits per heavy atom. The van der Waals surface area contributed by atoms with E-state index in [0.29, 0.717) is 5.92 Å². The van der Waals surface area contributed by atoms with Gasteiger partial charge in [-0.25, -0.2) is 9.97 Å². The first-order valence-corrected chi connectivity index (χ1v) is 5.36. The monoisotopic (exact) mass is 199 g/mol. The van der Waals surface area contributed by atoms with E-state index in [1.165, 1.54) is 12.1 Å². The molecule has 76 valence electrons. The van der Waals surface area contributed by atoms with Crippen molar-refractivity contribution in [3.63, 3.8) is 0 Å². The van der Waals surface area contributed by atoms with Gasteiger partial charge in [-0.15, -0.1) is 0 Å². The van der Waals surface area contributed by atoms with Gasteiger partial charge < -0.3 is 5.32 Å². The van der Waals surface area contributed by atoms with Crippen molar-refractivity contribution in [1.29, 1.82) is 0 Å². The standard InChI is InChI=1S/C12H13N3/c1-2-9-3-4-11(10-5-7-13-8-10)15-12(9)14-6-1/h1-4,6,10,13H,5,7-8H2/t10-/m0/s1. The molecule has 2 aromatic rings. The highest BCUT2D eigenvalue weighted by Crippen LogP contribution is 2.21. The van der Waals surface area contributed by atoms with Crippen molar-refractivity contribution < 1.29 is 0 Å². The summed E-state index contributed by atoms with van der Waals surface area (Å²) in [4.78, 5) is 8.89. The largest absolute Gasteiger partial charge is 0.316 e. The van der Waals surface area contributed by atoms with Crippen LogP contribution in [-0.4, -0.2) is 23.1 Å². The number of nitrogens with one attached hydrogen (secondary N) is 1. The molecule has 3 nitrogen and oxygen atoms in total. The van der Waals surface area contributed by atoms with Gasteiger partial charge in [0.1, 0.15) is 0 Å². The van der Waals surface area contributed by atoms with Crippen LogP contribution in [0.15, 0.2) is 30.5 Å². The molecule has 3 heteroatoms. The summed E-state index contributed by atoms with van der Waals surface area (Å²) >= 11 is 0. The van der Waals surface area contributed by atoms with E-state index in [4.69, 9.17) is 0 Å². The lowest BCUT2D eigenvalue weighted by atomic mass is 10.0. The topological polar surface area (TPSA) is 37.8 Å². The smallest absolute Gasteiger partial charge is 0.159 e. The van der Waals surface area contributed by atoms with Crippen molar-refractivity contribution in [3.05, 3.63) is 36.2 Å². The Hall–Kier alpha value is -1.48. The van der Waals surface area contributed by atoms with Gasteiger partial charge in [0.25, 0.3) is 0 Å². The lowest BCUT2D eigenvalue weighted by molar-refractivity contribution is 0.738. The maximum absolute atomic E-state index is 4.61. The molecule has 1 fully saturated rings. The fourth-order valence-corrected chi connectivity index (χ4v) is 2.10. The second kappa shape index (κ2) is 3.59. The van der Waals surface area contributed by atoms with Crippen LogP contribution in [0.25, 0.3) is 11.0 Å². The molecule has 1 aliphatic heterocycles. The van der Waals surface area contributed by atoms with Gasteiger partial charge in [0.05, 0.1) is 0 Å². The maximum Gasteiger partial charge on any atom is 0.159 e. The van der Waals surface area contributed by atoms with Gasteiger partial charge >= 0.3 is 0 Å². The van der Waals surface area contributed by atoms with E-state index >= 15 is 0 Å². The summed E-state index contributed by atoms with van der Waals surface area (Å²) in [5.41, 5.74) is 2.04. The number of hydrogen-bond donors (Lipinski definition) is 1. The summed E-state index contributed by atoms with van der Waals surface area (Å²) in [7, 11) is 0. The molecule has 0 saturated carbocycles. The number of rotatable bonds is 1. The molecule has 0 spiro atoms. The Bertz CT molecular complexity index is 475. The van der Waals surface area contributed by atoms with E-state index < -0.39 is 0 Å². The van der Waals surface area contributed by atoms with Gasteiger partial charge in [-0.05, 0) is 37.2 Å². The zero-order chi connectivity index (χ0) is 10.1. The molecule has 1 saturated heterocycles. The third kappa shape index (κ3) is 1.59. The lowest BCUT2D eigenvalue weighted by Gasteiger charge is -2.07. The van der Waals surface area contributed by atoms with Gasteiger partial charge in [-0.2, -0.15) is 0 Å². The molecule has 2 aromatic heterocycles. The lowest BCUT2D eigenvalue weighted by Crippen LogP contribution is -2.08. The third-order valence-electron chi connectivity index (χ3n) is 2.96. The van der Waals surface area contributed by atoms with Crippen LogP contribution in [0.1, 0.15) is 18.0 Å². The maximum atomic E-state index is 4.61. The highest BCUT2D eigenvalue weighted by atomic mass is 14.9. The zero-order valence-electron chi connectivity index (χ0n) is 8.48. The Morgan fingerprint density at radius 1 is 1.27 bits per heavy atom. The van der Waals surface area contributed by atoms with Crippen LogP contribution in [0, 0.1) is 0 Å². The summed E-state index contributed by atoms with van der Waals surface area (Å²) in [5.74, 6) is 0.566. The zero-order valence-corrected chi connectivity index (χ0v) is 8.48. The first-order valence-electron chi connectivity index (χ1n) is 5.36. The van der Waals surface area contributed by atoms with E-state index in [-0.39, 0.29) is 0 Å². The minimum Gasteiger partial charge on any atom is -0.316 e. The van der Waals surface area contributed by atoms with Gasteiger partial charge in [0.2, 0.25) is 0 Å². The van der Waals surface area contributed by atoms with Crippen LogP contribution in [0.3, 0.4) is 0 Å². The molecule has 0 amide bonds. The first kappa shape index (κ1) is 8.80. The highest BCUT2D eigenvalue weighted by Gasteiger charge is 2.17. The van der Waals surface area contributed by atoms with Crippen LogP contribution in [0.2, 0.25) is 0 Å². The van der Waals surface area contributed by atoms with E-state index in [0.717, 1.165) is 24.1 Å². The average Bonchev–Trinajstić information content (AvgIpc) is 2.82. The molecule has 1 atom stereocenters. The van der Waals surface area contributed by atoms with Crippen molar-refractivity contribution in [1.82, 2.24) is 15.3 Å². The SMILES string of the molecule is c1cnc2nc([C@H]3CCNC3)ccc2c1. The molecule has 3 heterocycles.